The van der Waals surface area contributed by atoms with E-state index < -0.39 is 17.3 Å². The van der Waals surface area contributed by atoms with Crippen molar-refractivity contribution >= 4 is 39.4 Å². The summed E-state index contributed by atoms with van der Waals surface area (Å²) in [5.41, 5.74) is -0.121. The summed E-state index contributed by atoms with van der Waals surface area (Å²) in [5.74, 6) is -1.49. The zero-order valence-corrected chi connectivity index (χ0v) is 15.0. The number of hydrogen-bond acceptors (Lipinski definition) is 3. The third-order valence-electron chi connectivity index (χ3n) is 4.90. The number of carbonyl (C=O) groups excluding carboxylic acids is 2. The van der Waals surface area contributed by atoms with Gasteiger partial charge in [-0.25, -0.2) is 0 Å². The van der Waals surface area contributed by atoms with Crippen LogP contribution in [0.15, 0.2) is 28.7 Å². The van der Waals surface area contributed by atoms with Gasteiger partial charge in [0.15, 0.2) is 0 Å². The maximum atomic E-state index is 12.7. The summed E-state index contributed by atoms with van der Waals surface area (Å²) in [7, 11) is 0. The molecule has 0 radical (unpaired) electrons. The van der Waals surface area contributed by atoms with E-state index in [0.717, 1.165) is 10.2 Å². The first-order valence-electron chi connectivity index (χ1n) is 7.88. The fourth-order valence-corrected chi connectivity index (χ4v) is 3.74. The van der Waals surface area contributed by atoms with Crippen LogP contribution < -0.4 is 4.90 Å². The standard InChI is InChI=1S/C17H19BrN2O4/c1-17(16(23)24)5-6-19(10-17)15(22)11-7-14(21)20(9-11)13-4-2-3-12(18)8-13/h2-4,8,11H,5-7,9-10H2,1H3,(H,23,24). The SMILES string of the molecule is CC1(C(=O)O)CCN(C(=O)C2CC(=O)N(c3cccc(Br)c3)C2)C1. The molecule has 2 amide bonds. The number of likely N-dealkylation sites (tertiary alicyclic amines) is 1. The highest BCUT2D eigenvalue weighted by atomic mass is 79.9. The molecule has 3 rings (SSSR count). The molecule has 7 heteroatoms. The lowest BCUT2D eigenvalue weighted by molar-refractivity contribution is -0.147. The molecule has 128 valence electrons. The highest BCUT2D eigenvalue weighted by Gasteiger charge is 2.45. The Balaban J connectivity index is 1.70. The Morgan fingerprint density at radius 2 is 2.12 bits per heavy atom. The largest absolute Gasteiger partial charge is 0.481 e. The maximum Gasteiger partial charge on any atom is 0.311 e. The molecule has 2 unspecified atom stereocenters. The van der Waals surface area contributed by atoms with Crippen molar-refractivity contribution in [2.75, 3.05) is 24.5 Å². The molecule has 0 bridgehead atoms. The monoisotopic (exact) mass is 394 g/mol. The predicted molar refractivity (Wildman–Crippen MR) is 91.5 cm³/mol. The number of halogens is 1. The number of benzene rings is 1. The van der Waals surface area contributed by atoms with Crippen LogP contribution in [0.4, 0.5) is 5.69 Å². The average molecular weight is 395 g/mol. The van der Waals surface area contributed by atoms with Gasteiger partial charge in [-0.3, -0.25) is 14.4 Å². The molecule has 0 spiro atoms. The molecule has 0 saturated carbocycles. The first-order valence-corrected chi connectivity index (χ1v) is 8.67. The molecular weight excluding hydrogens is 376 g/mol. The van der Waals surface area contributed by atoms with E-state index in [1.54, 1.807) is 16.7 Å². The van der Waals surface area contributed by atoms with Gasteiger partial charge < -0.3 is 14.9 Å². The molecule has 6 nitrogen and oxygen atoms in total. The van der Waals surface area contributed by atoms with E-state index in [4.69, 9.17) is 0 Å². The maximum absolute atomic E-state index is 12.7. The van der Waals surface area contributed by atoms with E-state index in [0.29, 0.717) is 19.5 Å². The quantitative estimate of drug-likeness (QED) is 0.851. The van der Waals surface area contributed by atoms with Gasteiger partial charge in [0.05, 0.1) is 11.3 Å². The van der Waals surface area contributed by atoms with Crippen LogP contribution in [0.5, 0.6) is 0 Å². The van der Waals surface area contributed by atoms with Crippen LogP contribution in [-0.4, -0.2) is 47.4 Å². The Labute approximate surface area is 148 Å². The molecule has 1 aromatic carbocycles. The van der Waals surface area contributed by atoms with Crippen LogP contribution in [0.25, 0.3) is 0 Å². The Morgan fingerprint density at radius 1 is 1.38 bits per heavy atom. The topological polar surface area (TPSA) is 77.9 Å². The number of amides is 2. The zero-order chi connectivity index (χ0) is 17.5. The first kappa shape index (κ1) is 17.0. The molecule has 2 fully saturated rings. The second-order valence-electron chi connectivity index (χ2n) is 6.76. The van der Waals surface area contributed by atoms with E-state index in [1.807, 2.05) is 24.3 Å². The van der Waals surface area contributed by atoms with E-state index in [9.17, 15) is 19.5 Å². The number of anilines is 1. The normalized spacial score (nSPS) is 26.9. The highest BCUT2D eigenvalue weighted by Crippen LogP contribution is 2.33. The van der Waals surface area contributed by atoms with Crippen molar-refractivity contribution in [3.8, 4) is 0 Å². The number of aliphatic carboxylic acids is 1. The molecule has 2 aliphatic rings. The van der Waals surface area contributed by atoms with Crippen LogP contribution in [-0.2, 0) is 14.4 Å². The van der Waals surface area contributed by atoms with Gasteiger partial charge in [0, 0.05) is 36.2 Å². The molecule has 2 atom stereocenters. The van der Waals surface area contributed by atoms with Gasteiger partial charge >= 0.3 is 5.97 Å². The lowest BCUT2D eigenvalue weighted by atomic mass is 9.90. The Kier molecular flexibility index (Phi) is 4.38. The van der Waals surface area contributed by atoms with Crippen molar-refractivity contribution in [3.05, 3.63) is 28.7 Å². The van der Waals surface area contributed by atoms with Crippen LogP contribution in [0.1, 0.15) is 19.8 Å². The van der Waals surface area contributed by atoms with Crippen LogP contribution in [0.3, 0.4) is 0 Å². The number of rotatable bonds is 3. The van der Waals surface area contributed by atoms with Gasteiger partial charge in [-0.05, 0) is 31.5 Å². The first-order chi connectivity index (χ1) is 11.3. The van der Waals surface area contributed by atoms with Crippen molar-refractivity contribution in [2.45, 2.75) is 19.8 Å². The Bertz CT molecular complexity index is 708. The van der Waals surface area contributed by atoms with Crippen molar-refractivity contribution in [3.63, 3.8) is 0 Å². The number of hydrogen-bond donors (Lipinski definition) is 1. The Hall–Kier alpha value is -1.89. The number of carboxylic acid groups (broad SMARTS) is 1. The summed E-state index contributed by atoms with van der Waals surface area (Å²) in [6.07, 6.45) is 0.621. The molecule has 2 saturated heterocycles. The number of carbonyl (C=O) groups is 3. The van der Waals surface area contributed by atoms with E-state index >= 15 is 0 Å². The van der Waals surface area contributed by atoms with Crippen molar-refractivity contribution < 1.29 is 19.5 Å². The fraction of sp³-hybridized carbons (Fsp3) is 0.471. The van der Waals surface area contributed by atoms with Gasteiger partial charge in [-0.1, -0.05) is 22.0 Å². The minimum Gasteiger partial charge on any atom is -0.481 e. The second kappa shape index (κ2) is 6.20. The van der Waals surface area contributed by atoms with Gasteiger partial charge in [0.25, 0.3) is 0 Å². The number of nitrogens with zero attached hydrogens (tertiary/aromatic N) is 2. The third kappa shape index (κ3) is 3.05. The molecule has 0 aliphatic carbocycles. The van der Waals surface area contributed by atoms with E-state index in [2.05, 4.69) is 15.9 Å². The summed E-state index contributed by atoms with van der Waals surface area (Å²) in [6, 6.07) is 7.42. The number of carboxylic acids is 1. The highest BCUT2D eigenvalue weighted by molar-refractivity contribution is 9.10. The van der Waals surface area contributed by atoms with E-state index in [-0.39, 0.29) is 24.8 Å². The van der Waals surface area contributed by atoms with Crippen LogP contribution in [0, 0.1) is 11.3 Å². The molecule has 0 aromatic heterocycles. The van der Waals surface area contributed by atoms with Crippen LogP contribution in [0.2, 0.25) is 0 Å². The van der Waals surface area contributed by atoms with E-state index in [1.165, 1.54) is 0 Å². The summed E-state index contributed by atoms with van der Waals surface area (Å²) < 4.78 is 0.874. The van der Waals surface area contributed by atoms with Crippen LogP contribution >= 0.6 is 15.9 Å². The predicted octanol–water partition coefficient (Wildman–Crippen LogP) is 2.13. The third-order valence-corrected chi connectivity index (χ3v) is 5.39. The van der Waals surface area contributed by atoms with Gasteiger partial charge in [-0.2, -0.15) is 0 Å². The molecular formula is C17H19BrN2O4. The smallest absolute Gasteiger partial charge is 0.311 e. The molecule has 1 N–H and O–H groups in total. The zero-order valence-electron chi connectivity index (χ0n) is 13.4. The molecule has 24 heavy (non-hydrogen) atoms. The summed E-state index contributed by atoms with van der Waals surface area (Å²) in [4.78, 5) is 39.5. The minimum absolute atomic E-state index is 0.0772. The van der Waals surface area contributed by atoms with Crippen molar-refractivity contribution in [1.29, 1.82) is 0 Å². The molecule has 2 aliphatic heterocycles. The van der Waals surface area contributed by atoms with Gasteiger partial charge in [0.2, 0.25) is 11.8 Å². The summed E-state index contributed by atoms with van der Waals surface area (Å²) in [5, 5.41) is 9.29. The second-order valence-corrected chi connectivity index (χ2v) is 7.68. The summed E-state index contributed by atoms with van der Waals surface area (Å²) >= 11 is 3.38. The average Bonchev–Trinajstić information content (AvgIpc) is 3.11. The minimum atomic E-state index is -0.887. The molecule has 2 heterocycles. The van der Waals surface area contributed by atoms with Gasteiger partial charge in [-0.15, -0.1) is 0 Å². The molecule has 1 aromatic rings. The van der Waals surface area contributed by atoms with Crippen molar-refractivity contribution in [1.82, 2.24) is 4.90 Å². The lowest BCUT2D eigenvalue weighted by Gasteiger charge is -2.23. The fourth-order valence-electron chi connectivity index (χ4n) is 3.35. The summed E-state index contributed by atoms with van der Waals surface area (Å²) in [6.45, 7) is 2.65. The Morgan fingerprint density at radius 3 is 2.75 bits per heavy atom. The lowest BCUT2D eigenvalue weighted by Crippen LogP contribution is -2.39. The van der Waals surface area contributed by atoms with Crippen molar-refractivity contribution in [2.24, 2.45) is 11.3 Å². The van der Waals surface area contributed by atoms with Gasteiger partial charge in [0.1, 0.15) is 0 Å².